The molecule has 2 nitrogen and oxygen atoms in total. The number of unbranched alkanes of at least 4 members (excludes halogenated alkanes) is 3. The van der Waals surface area contributed by atoms with Gasteiger partial charge in [0.2, 0.25) is 0 Å². The molecule has 0 aromatic rings. The van der Waals surface area contributed by atoms with Gasteiger partial charge < -0.3 is 10.1 Å². The summed E-state index contributed by atoms with van der Waals surface area (Å²) in [7, 11) is 0. The Morgan fingerprint density at radius 2 is 2.23 bits per heavy atom. The molecule has 1 N–H and O–H groups in total. The predicted octanol–water partition coefficient (Wildman–Crippen LogP) is 2.34. The Bertz CT molecular complexity index is 111. The molecule has 1 aliphatic heterocycles. The SMILES string of the molecule is CCCCCCO[C@H]1CCCNC1. The molecule has 1 aliphatic rings. The minimum atomic E-state index is 0.496. The molecule has 1 rings (SSSR count). The van der Waals surface area contributed by atoms with E-state index in [1.807, 2.05) is 0 Å². The van der Waals surface area contributed by atoms with E-state index < -0.39 is 0 Å². The van der Waals surface area contributed by atoms with Crippen LogP contribution in [0.2, 0.25) is 0 Å². The van der Waals surface area contributed by atoms with Crippen LogP contribution >= 0.6 is 0 Å². The van der Waals surface area contributed by atoms with E-state index in [1.165, 1.54) is 45.1 Å². The quantitative estimate of drug-likeness (QED) is 0.641. The van der Waals surface area contributed by atoms with Crippen molar-refractivity contribution in [3.63, 3.8) is 0 Å². The molecule has 0 aromatic carbocycles. The Hall–Kier alpha value is -0.0800. The van der Waals surface area contributed by atoms with E-state index in [4.69, 9.17) is 4.74 Å². The zero-order valence-corrected chi connectivity index (χ0v) is 8.85. The van der Waals surface area contributed by atoms with Crippen molar-refractivity contribution in [3.8, 4) is 0 Å². The standard InChI is InChI=1S/C11H23NO/c1-2-3-4-5-9-13-11-7-6-8-12-10-11/h11-12H,2-10H2,1H3/t11-/m0/s1. The molecule has 1 saturated heterocycles. The molecule has 13 heavy (non-hydrogen) atoms. The van der Waals surface area contributed by atoms with E-state index in [0.717, 1.165) is 13.2 Å². The summed E-state index contributed by atoms with van der Waals surface area (Å²) in [6, 6.07) is 0. The summed E-state index contributed by atoms with van der Waals surface area (Å²) in [6.45, 7) is 5.45. The first-order valence-electron chi connectivity index (χ1n) is 5.76. The van der Waals surface area contributed by atoms with Crippen LogP contribution in [0.3, 0.4) is 0 Å². The second-order valence-corrected chi connectivity index (χ2v) is 3.90. The number of hydrogen-bond donors (Lipinski definition) is 1. The normalized spacial score (nSPS) is 23.3. The fraction of sp³-hybridized carbons (Fsp3) is 1.00. The molecular weight excluding hydrogens is 162 g/mol. The summed E-state index contributed by atoms with van der Waals surface area (Å²) in [4.78, 5) is 0. The molecule has 0 radical (unpaired) electrons. The van der Waals surface area contributed by atoms with Crippen molar-refractivity contribution in [3.05, 3.63) is 0 Å². The summed E-state index contributed by atoms with van der Waals surface area (Å²) < 4.78 is 5.77. The van der Waals surface area contributed by atoms with E-state index in [0.29, 0.717) is 6.10 Å². The van der Waals surface area contributed by atoms with Crippen LogP contribution in [0.1, 0.15) is 45.4 Å². The molecule has 0 bridgehead atoms. The molecule has 0 aliphatic carbocycles. The molecule has 1 heterocycles. The number of rotatable bonds is 6. The average molecular weight is 185 g/mol. The van der Waals surface area contributed by atoms with Gasteiger partial charge in [-0.05, 0) is 25.8 Å². The lowest BCUT2D eigenvalue weighted by atomic mass is 10.1. The lowest BCUT2D eigenvalue weighted by Crippen LogP contribution is -2.35. The number of hydrogen-bond acceptors (Lipinski definition) is 2. The van der Waals surface area contributed by atoms with Gasteiger partial charge in [0, 0.05) is 13.2 Å². The third-order valence-corrected chi connectivity index (χ3v) is 2.60. The highest BCUT2D eigenvalue weighted by Crippen LogP contribution is 2.07. The first-order chi connectivity index (χ1) is 6.43. The van der Waals surface area contributed by atoms with Gasteiger partial charge in [-0.1, -0.05) is 26.2 Å². The maximum Gasteiger partial charge on any atom is 0.0699 e. The molecule has 1 fully saturated rings. The highest BCUT2D eigenvalue weighted by atomic mass is 16.5. The number of nitrogens with one attached hydrogen (secondary N) is 1. The lowest BCUT2D eigenvalue weighted by molar-refractivity contribution is 0.0348. The second kappa shape index (κ2) is 7.34. The maximum absolute atomic E-state index is 5.77. The molecule has 2 heteroatoms. The molecule has 0 amide bonds. The van der Waals surface area contributed by atoms with Crippen molar-refractivity contribution in [2.45, 2.75) is 51.6 Å². The maximum atomic E-state index is 5.77. The van der Waals surface area contributed by atoms with E-state index in [1.54, 1.807) is 0 Å². The minimum absolute atomic E-state index is 0.496. The Kier molecular flexibility index (Phi) is 6.21. The third kappa shape index (κ3) is 5.27. The van der Waals surface area contributed by atoms with E-state index in [-0.39, 0.29) is 0 Å². The van der Waals surface area contributed by atoms with Crippen LogP contribution in [-0.4, -0.2) is 25.8 Å². The first kappa shape index (κ1) is 11.0. The summed E-state index contributed by atoms with van der Waals surface area (Å²) in [5.74, 6) is 0. The molecule has 0 spiro atoms. The Balaban J connectivity index is 1.86. The van der Waals surface area contributed by atoms with Crippen molar-refractivity contribution in [1.29, 1.82) is 0 Å². The summed E-state index contributed by atoms with van der Waals surface area (Å²) in [6.07, 6.45) is 8.26. The van der Waals surface area contributed by atoms with E-state index in [9.17, 15) is 0 Å². The van der Waals surface area contributed by atoms with Gasteiger partial charge in [-0.25, -0.2) is 0 Å². The van der Waals surface area contributed by atoms with Gasteiger partial charge in [0.1, 0.15) is 0 Å². The summed E-state index contributed by atoms with van der Waals surface area (Å²) in [5, 5.41) is 3.36. The number of ether oxygens (including phenoxy) is 1. The van der Waals surface area contributed by atoms with Crippen molar-refractivity contribution in [1.82, 2.24) is 5.32 Å². The van der Waals surface area contributed by atoms with Crippen LogP contribution in [0.5, 0.6) is 0 Å². The minimum Gasteiger partial charge on any atom is -0.377 e. The molecular formula is C11H23NO. The highest BCUT2D eigenvalue weighted by Gasteiger charge is 2.12. The molecule has 0 unspecified atom stereocenters. The van der Waals surface area contributed by atoms with Crippen molar-refractivity contribution < 1.29 is 4.74 Å². The first-order valence-corrected chi connectivity index (χ1v) is 5.76. The summed E-state index contributed by atoms with van der Waals surface area (Å²) in [5.41, 5.74) is 0. The van der Waals surface area contributed by atoms with Crippen LogP contribution < -0.4 is 5.32 Å². The van der Waals surface area contributed by atoms with Crippen molar-refractivity contribution in [2.75, 3.05) is 19.7 Å². The van der Waals surface area contributed by atoms with Gasteiger partial charge >= 0.3 is 0 Å². The Morgan fingerprint density at radius 3 is 2.92 bits per heavy atom. The van der Waals surface area contributed by atoms with Gasteiger partial charge in [-0.15, -0.1) is 0 Å². The van der Waals surface area contributed by atoms with E-state index >= 15 is 0 Å². The topological polar surface area (TPSA) is 21.3 Å². The summed E-state index contributed by atoms with van der Waals surface area (Å²) >= 11 is 0. The van der Waals surface area contributed by atoms with E-state index in [2.05, 4.69) is 12.2 Å². The molecule has 0 aromatic heterocycles. The predicted molar refractivity (Wildman–Crippen MR) is 56.0 cm³/mol. The zero-order chi connectivity index (χ0) is 9.36. The number of piperidine rings is 1. The van der Waals surface area contributed by atoms with Gasteiger partial charge in [0.25, 0.3) is 0 Å². The van der Waals surface area contributed by atoms with Gasteiger partial charge in [-0.3, -0.25) is 0 Å². The van der Waals surface area contributed by atoms with Crippen LogP contribution in [0.15, 0.2) is 0 Å². The van der Waals surface area contributed by atoms with Gasteiger partial charge in [-0.2, -0.15) is 0 Å². The van der Waals surface area contributed by atoms with Crippen LogP contribution in [0, 0.1) is 0 Å². The monoisotopic (exact) mass is 185 g/mol. The van der Waals surface area contributed by atoms with Gasteiger partial charge in [0.15, 0.2) is 0 Å². The molecule has 0 saturated carbocycles. The smallest absolute Gasteiger partial charge is 0.0699 e. The van der Waals surface area contributed by atoms with Gasteiger partial charge in [0.05, 0.1) is 6.10 Å². The van der Waals surface area contributed by atoms with Crippen LogP contribution in [0.25, 0.3) is 0 Å². The van der Waals surface area contributed by atoms with Crippen molar-refractivity contribution in [2.24, 2.45) is 0 Å². The third-order valence-electron chi connectivity index (χ3n) is 2.60. The fourth-order valence-corrected chi connectivity index (χ4v) is 1.74. The average Bonchev–Trinajstić information content (AvgIpc) is 2.19. The van der Waals surface area contributed by atoms with Crippen molar-refractivity contribution >= 4 is 0 Å². The fourth-order valence-electron chi connectivity index (χ4n) is 1.74. The largest absolute Gasteiger partial charge is 0.377 e. The molecule has 78 valence electrons. The van der Waals surface area contributed by atoms with Crippen LogP contribution in [0.4, 0.5) is 0 Å². The highest BCUT2D eigenvalue weighted by molar-refractivity contribution is 4.68. The Morgan fingerprint density at radius 1 is 1.31 bits per heavy atom. The lowest BCUT2D eigenvalue weighted by Gasteiger charge is -2.22. The Labute approximate surface area is 82.0 Å². The zero-order valence-electron chi connectivity index (χ0n) is 8.85. The van der Waals surface area contributed by atoms with Crippen LogP contribution in [-0.2, 0) is 4.74 Å². The molecule has 1 atom stereocenters. The second-order valence-electron chi connectivity index (χ2n) is 3.90.